The lowest BCUT2D eigenvalue weighted by molar-refractivity contribution is 0.102. The van der Waals surface area contributed by atoms with Crippen molar-refractivity contribution in [3.63, 3.8) is 0 Å². The number of rotatable bonds is 4. The van der Waals surface area contributed by atoms with Gasteiger partial charge in [0, 0.05) is 11.3 Å². The molecule has 1 aliphatic rings. The molecule has 0 aliphatic carbocycles. The first-order valence-electron chi connectivity index (χ1n) is 9.44. The summed E-state index contributed by atoms with van der Waals surface area (Å²) < 4.78 is 17.5. The lowest BCUT2D eigenvalue weighted by atomic mass is 10.1. The number of benzene rings is 4. The molecule has 0 saturated heterocycles. The fraction of sp³-hybridized carbons (Fsp3) is 0.0417. The lowest BCUT2D eigenvalue weighted by Crippen LogP contribution is -2.11. The maximum atomic E-state index is 12.6. The number of nitrogens with one attached hydrogen (secondary N) is 1. The standard InChI is InChI=1S/C24H15BrClNO4/c25-23-17-4-2-1-3-14(17)5-9-21(23)31-19-10-7-16(12-18(19)26)27-24(28)15-6-8-20-22(11-15)30-13-29-20/h1-12H,13H2,(H,27,28). The van der Waals surface area contributed by atoms with Gasteiger partial charge in [-0.2, -0.15) is 0 Å². The fourth-order valence-electron chi connectivity index (χ4n) is 3.31. The Morgan fingerprint density at radius 2 is 1.74 bits per heavy atom. The molecule has 0 unspecified atom stereocenters. The normalized spacial score (nSPS) is 12.1. The van der Waals surface area contributed by atoms with Gasteiger partial charge in [0.2, 0.25) is 6.79 Å². The van der Waals surface area contributed by atoms with Gasteiger partial charge >= 0.3 is 0 Å². The van der Waals surface area contributed by atoms with E-state index in [0.29, 0.717) is 39.3 Å². The van der Waals surface area contributed by atoms with Gasteiger partial charge in [-0.05, 0) is 69.2 Å². The van der Waals surface area contributed by atoms with Crippen LogP contribution in [0.3, 0.4) is 0 Å². The zero-order valence-electron chi connectivity index (χ0n) is 16.0. The molecule has 1 aliphatic heterocycles. The summed E-state index contributed by atoms with van der Waals surface area (Å²) in [7, 11) is 0. The summed E-state index contributed by atoms with van der Waals surface area (Å²) in [5.41, 5.74) is 1.01. The van der Waals surface area contributed by atoms with Crippen molar-refractivity contribution in [1.82, 2.24) is 0 Å². The quantitative estimate of drug-likeness (QED) is 0.329. The molecule has 0 bridgehead atoms. The first-order chi connectivity index (χ1) is 15.1. The first-order valence-corrected chi connectivity index (χ1v) is 10.6. The molecule has 1 amide bonds. The molecule has 0 spiro atoms. The topological polar surface area (TPSA) is 56.8 Å². The van der Waals surface area contributed by atoms with E-state index in [1.165, 1.54) is 0 Å². The average molecular weight is 497 g/mol. The zero-order chi connectivity index (χ0) is 21.4. The van der Waals surface area contributed by atoms with Crippen LogP contribution in [0, 0.1) is 0 Å². The van der Waals surface area contributed by atoms with E-state index in [9.17, 15) is 4.79 Å². The van der Waals surface area contributed by atoms with Crippen LogP contribution >= 0.6 is 27.5 Å². The van der Waals surface area contributed by atoms with Gasteiger partial charge in [-0.3, -0.25) is 4.79 Å². The van der Waals surface area contributed by atoms with Crippen molar-refractivity contribution in [2.24, 2.45) is 0 Å². The summed E-state index contributed by atoms with van der Waals surface area (Å²) in [5, 5.41) is 5.36. The molecule has 0 fully saturated rings. The van der Waals surface area contributed by atoms with Crippen LogP contribution in [-0.4, -0.2) is 12.7 Å². The molecule has 0 aromatic heterocycles. The predicted octanol–water partition coefficient (Wildman–Crippen LogP) is 7.03. The molecule has 1 N–H and O–H groups in total. The van der Waals surface area contributed by atoms with Crippen LogP contribution in [0.25, 0.3) is 10.8 Å². The Labute approximate surface area is 191 Å². The van der Waals surface area contributed by atoms with Crippen LogP contribution in [0.4, 0.5) is 5.69 Å². The van der Waals surface area contributed by atoms with Crippen molar-refractivity contribution in [2.45, 2.75) is 0 Å². The first kappa shape index (κ1) is 19.7. The minimum Gasteiger partial charge on any atom is -0.455 e. The van der Waals surface area contributed by atoms with E-state index in [0.717, 1.165) is 15.2 Å². The number of amides is 1. The summed E-state index contributed by atoms with van der Waals surface area (Å²) in [4.78, 5) is 12.6. The second-order valence-electron chi connectivity index (χ2n) is 6.87. The van der Waals surface area contributed by atoms with E-state index < -0.39 is 0 Å². The van der Waals surface area contributed by atoms with Crippen LogP contribution in [0.1, 0.15) is 10.4 Å². The Balaban J connectivity index is 1.34. The van der Waals surface area contributed by atoms with Gasteiger partial charge in [0.1, 0.15) is 11.5 Å². The molecule has 0 saturated carbocycles. The Morgan fingerprint density at radius 1 is 0.935 bits per heavy atom. The molecular weight excluding hydrogens is 482 g/mol. The third kappa shape index (κ3) is 3.92. The van der Waals surface area contributed by atoms with Gasteiger partial charge in [0.25, 0.3) is 5.91 Å². The van der Waals surface area contributed by atoms with Crippen LogP contribution in [0.2, 0.25) is 5.02 Å². The van der Waals surface area contributed by atoms with Crippen molar-refractivity contribution in [3.8, 4) is 23.0 Å². The number of anilines is 1. The van der Waals surface area contributed by atoms with Gasteiger partial charge < -0.3 is 19.5 Å². The van der Waals surface area contributed by atoms with Crippen molar-refractivity contribution in [3.05, 3.63) is 87.9 Å². The minimum absolute atomic E-state index is 0.158. The summed E-state index contributed by atoms with van der Waals surface area (Å²) in [5.74, 6) is 2.04. The molecular formula is C24H15BrClNO4. The van der Waals surface area contributed by atoms with Gasteiger partial charge in [-0.1, -0.05) is 41.9 Å². The van der Waals surface area contributed by atoms with Crippen molar-refractivity contribution in [2.75, 3.05) is 12.1 Å². The van der Waals surface area contributed by atoms with Crippen molar-refractivity contribution < 1.29 is 19.0 Å². The second kappa shape index (κ2) is 8.13. The predicted molar refractivity (Wildman–Crippen MR) is 124 cm³/mol. The molecule has 4 aromatic carbocycles. The van der Waals surface area contributed by atoms with Gasteiger partial charge in [0.15, 0.2) is 11.5 Å². The van der Waals surface area contributed by atoms with Gasteiger partial charge in [0.05, 0.1) is 9.50 Å². The summed E-state index contributed by atoms with van der Waals surface area (Å²) in [6.45, 7) is 0.158. The number of carbonyl (C=O) groups excluding carboxylic acids is 1. The molecule has 0 radical (unpaired) electrons. The van der Waals surface area contributed by atoms with E-state index in [4.69, 9.17) is 25.8 Å². The van der Waals surface area contributed by atoms with E-state index in [2.05, 4.69) is 21.2 Å². The Morgan fingerprint density at radius 3 is 2.61 bits per heavy atom. The molecule has 5 rings (SSSR count). The third-order valence-corrected chi connectivity index (χ3v) is 5.99. The molecule has 5 nitrogen and oxygen atoms in total. The minimum atomic E-state index is -0.277. The lowest BCUT2D eigenvalue weighted by Gasteiger charge is -2.13. The summed E-state index contributed by atoms with van der Waals surface area (Å²) in [6.07, 6.45) is 0. The third-order valence-electron chi connectivity index (χ3n) is 4.87. The molecule has 7 heteroatoms. The average Bonchev–Trinajstić information content (AvgIpc) is 3.25. The number of ether oxygens (including phenoxy) is 3. The number of hydrogen-bond donors (Lipinski definition) is 1. The molecule has 31 heavy (non-hydrogen) atoms. The van der Waals surface area contributed by atoms with Crippen LogP contribution in [-0.2, 0) is 0 Å². The second-order valence-corrected chi connectivity index (χ2v) is 8.07. The number of carbonyl (C=O) groups is 1. The van der Waals surface area contributed by atoms with E-state index in [1.807, 2.05) is 36.4 Å². The molecule has 154 valence electrons. The Bertz CT molecular complexity index is 1320. The van der Waals surface area contributed by atoms with E-state index in [1.54, 1.807) is 36.4 Å². The largest absolute Gasteiger partial charge is 0.455 e. The number of fused-ring (bicyclic) bond motifs is 2. The zero-order valence-corrected chi connectivity index (χ0v) is 18.4. The number of hydrogen-bond acceptors (Lipinski definition) is 4. The number of halogens is 2. The van der Waals surface area contributed by atoms with Crippen molar-refractivity contribution in [1.29, 1.82) is 0 Å². The van der Waals surface area contributed by atoms with Crippen molar-refractivity contribution >= 4 is 49.9 Å². The molecule has 4 aromatic rings. The Kier molecular flexibility index (Phi) is 5.18. The maximum absolute atomic E-state index is 12.6. The SMILES string of the molecule is O=C(Nc1ccc(Oc2ccc3ccccc3c2Br)c(Cl)c1)c1ccc2c(c1)OCO2. The monoisotopic (exact) mass is 495 g/mol. The summed E-state index contributed by atoms with van der Waals surface area (Å²) >= 11 is 10.0. The Hall–Kier alpha value is -3.22. The molecule has 1 heterocycles. The van der Waals surface area contributed by atoms with Gasteiger partial charge in [-0.15, -0.1) is 0 Å². The fourth-order valence-corrected chi connectivity index (χ4v) is 4.11. The van der Waals surface area contributed by atoms with Crippen LogP contribution in [0.5, 0.6) is 23.0 Å². The highest BCUT2D eigenvalue weighted by Gasteiger charge is 2.17. The van der Waals surface area contributed by atoms with Crippen LogP contribution < -0.4 is 19.5 Å². The van der Waals surface area contributed by atoms with E-state index in [-0.39, 0.29) is 12.7 Å². The summed E-state index contributed by atoms with van der Waals surface area (Å²) in [6, 6.07) is 22.0. The highest BCUT2D eigenvalue weighted by Crippen LogP contribution is 2.39. The van der Waals surface area contributed by atoms with Crippen LogP contribution in [0.15, 0.2) is 77.3 Å². The smallest absolute Gasteiger partial charge is 0.255 e. The maximum Gasteiger partial charge on any atom is 0.255 e. The highest BCUT2D eigenvalue weighted by atomic mass is 79.9. The molecule has 0 atom stereocenters. The van der Waals surface area contributed by atoms with Gasteiger partial charge in [-0.25, -0.2) is 0 Å². The van der Waals surface area contributed by atoms with E-state index >= 15 is 0 Å². The highest BCUT2D eigenvalue weighted by molar-refractivity contribution is 9.10.